The average molecular weight is 276 g/mol. The van der Waals surface area contributed by atoms with Crippen molar-refractivity contribution in [3.63, 3.8) is 0 Å². The summed E-state index contributed by atoms with van der Waals surface area (Å²) in [4.78, 5) is 13.7. The van der Waals surface area contributed by atoms with Crippen LogP contribution in [0.2, 0.25) is 0 Å². The average Bonchev–Trinajstić information content (AvgIpc) is 2.97. The van der Waals surface area contributed by atoms with Crippen molar-refractivity contribution in [1.29, 1.82) is 0 Å². The van der Waals surface area contributed by atoms with Gasteiger partial charge in [0.25, 0.3) is 0 Å². The van der Waals surface area contributed by atoms with Crippen molar-refractivity contribution in [3.05, 3.63) is 34.4 Å². The predicted molar refractivity (Wildman–Crippen MR) is 74.3 cm³/mol. The monoisotopic (exact) mass is 276 g/mol. The molecular weight excluding hydrogens is 256 g/mol. The highest BCUT2D eigenvalue weighted by atomic mass is 16.5. The van der Waals surface area contributed by atoms with E-state index in [4.69, 9.17) is 10.5 Å². The first-order valence-electron chi connectivity index (χ1n) is 7.01. The minimum Gasteiger partial charge on any atom is -0.457 e. The van der Waals surface area contributed by atoms with Crippen molar-refractivity contribution >= 4 is 5.97 Å². The number of aliphatic hydroxyl groups excluding tert-OH is 1. The highest BCUT2D eigenvalue weighted by Gasteiger charge is 2.27. The Kier molecular flexibility index (Phi) is 3.50. The van der Waals surface area contributed by atoms with E-state index in [0.29, 0.717) is 18.7 Å². The Bertz CT molecular complexity index is 544. The minimum absolute atomic E-state index is 0.217. The number of β-amino-alcohol motifs (C(OH)–C–C–N with tert-alkyl or cyclic N) is 1. The molecule has 3 rings (SSSR count). The first kappa shape index (κ1) is 13.5. The van der Waals surface area contributed by atoms with E-state index in [1.807, 2.05) is 13.0 Å². The van der Waals surface area contributed by atoms with Gasteiger partial charge in [0.05, 0.1) is 11.7 Å². The highest BCUT2D eigenvalue weighted by molar-refractivity contribution is 5.93. The van der Waals surface area contributed by atoms with Crippen LogP contribution in [0.15, 0.2) is 12.1 Å². The van der Waals surface area contributed by atoms with Gasteiger partial charge in [0, 0.05) is 24.7 Å². The summed E-state index contributed by atoms with van der Waals surface area (Å²) in [7, 11) is 0. The molecule has 0 saturated carbocycles. The largest absolute Gasteiger partial charge is 0.457 e. The van der Waals surface area contributed by atoms with Gasteiger partial charge in [-0.1, -0.05) is 6.07 Å². The van der Waals surface area contributed by atoms with Crippen molar-refractivity contribution in [3.8, 4) is 0 Å². The second kappa shape index (κ2) is 5.16. The molecule has 5 nitrogen and oxygen atoms in total. The van der Waals surface area contributed by atoms with Crippen molar-refractivity contribution < 1.29 is 14.6 Å². The van der Waals surface area contributed by atoms with Gasteiger partial charge >= 0.3 is 5.97 Å². The van der Waals surface area contributed by atoms with Gasteiger partial charge in [-0.15, -0.1) is 0 Å². The fraction of sp³-hybridized carbons (Fsp3) is 0.533. The molecule has 2 aliphatic rings. The van der Waals surface area contributed by atoms with Gasteiger partial charge < -0.3 is 15.6 Å². The normalized spacial score (nSPS) is 23.8. The van der Waals surface area contributed by atoms with Crippen molar-refractivity contribution in [1.82, 2.24) is 4.90 Å². The van der Waals surface area contributed by atoms with E-state index in [0.717, 1.165) is 36.2 Å². The molecule has 2 atom stereocenters. The molecule has 0 bridgehead atoms. The summed E-state index contributed by atoms with van der Waals surface area (Å²) < 4.78 is 5.04. The lowest BCUT2D eigenvalue weighted by molar-refractivity contribution is 0.0535. The molecule has 2 heterocycles. The van der Waals surface area contributed by atoms with E-state index in [-0.39, 0.29) is 12.0 Å². The number of hydrogen-bond acceptors (Lipinski definition) is 5. The Morgan fingerprint density at radius 1 is 1.55 bits per heavy atom. The molecule has 2 aliphatic heterocycles. The first-order valence-corrected chi connectivity index (χ1v) is 7.01. The Morgan fingerprint density at radius 2 is 2.35 bits per heavy atom. The zero-order chi connectivity index (χ0) is 14.3. The number of rotatable bonds is 3. The number of aliphatic hydroxyl groups is 1. The van der Waals surface area contributed by atoms with E-state index < -0.39 is 6.10 Å². The number of likely N-dealkylation sites (tertiary alicyclic amines) is 1. The molecule has 1 fully saturated rings. The second-order valence-electron chi connectivity index (χ2n) is 5.71. The number of esters is 1. The smallest absolute Gasteiger partial charge is 0.338 e. The number of hydrogen-bond donors (Lipinski definition) is 2. The van der Waals surface area contributed by atoms with E-state index in [1.165, 1.54) is 0 Å². The van der Waals surface area contributed by atoms with Crippen LogP contribution in [0.25, 0.3) is 0 Å². The lowest BCUT2D eigenvalue weighted by atomic mass is 9.95. The number of carbonyl (C=O) groups excluding carboxylic acids is 1. The number of benzene rings is 1. The zero-order valence-corrected chi connectivity index (χ0v) is 11.6. The van der Waals surface area contributed by atoms with E-state index in [1.54, 1.807) is 6.07 Å². The summed E-state index contributed by atoms with van der Waals surface area (Å²) in [6.45, 7) is 4.61. The summed E-state index contributed by atoms with van der Waals surface area (Å²) in [6.07, 6.45) is 0.430. The molecule has 0 aromatic heterocycles. The zero-order valence-electron chi connectivity index (χ0n) is 11.6. The molecule has 5 heteroatoms. The van der Waals surface area contributed by atoms with E-state index in [9.17, 15) is 9.90 Å². The van der Waals surface area contributed by atoms with Crippen molar-refractivity contribution in [2.75, 3.05) is 19.6 Å². The van der Waals surface area contributed by atoms with Crippen LogP contribution in [0.5, 0.6) is 0 Å². The predicted octanol–water partition coefficient (Wildman–Crippen LogP) is 0.732. The maximum Gasteiger partial charge on any atom is 0.338 e. The Morgan fingerprint density at radius 3 is 3.05 bits per heavy atom. The van der Waals surface area contributed by atoms with Crippen molar-refractivity contribution in [2.45, 2.75) is 32.1 Å². The maximum absolute atomic E-state index is 11.5. The molecule has 0 spiro atoms. The number of cyclic esters (lactones) is 1. The summed E-state index contributed by atoms with van der Waals surface area (Å²) in [6, 6.07) is 3.81. The summed E-state index contributed by atoms with van der Waals surface area (Å²) >= 11 is 0. The lowest BCUT2D eigenvalue weighted by Crippen LogP contribution is -2.30. The maximum atomic E-state index is 11.5. The molecule has 0 amide bonds. The third-order valence-corrected chi connectivity index (χ3v) is 4.31. The summed E-state index contributed by atoms with van der Waals surface area (Å²) in [5.74, 6) is -0.269. The van der Waals surface area contributed by atoms with Crippen LogP contribution < -0.4 is 5.73 Å². The molecule has 20 heavy (non-hydrogen) atoms. The Balaban J connectivity index is 1.78. The fourth-order valence-corrected chi connectivity index (χ4v) is 3.10. The Hall–Kier alpha value is -1.43. The standard InChI is InChI=1S/C15H20N2O3/c1-9-11(2-3-12-13(9)8-20-15(12)19)14(18)7-17-5-4-10(16)6-17/h2-3,10,14,18H,4-8,16H2,1H3/t10?,14-/m0/s1. The third-order valence-electron chi connectivity index (χ3n) is 4.31. The number of fused-ring (bicyclic) bond motifs is 1. The van der Waals surface area contributed by atoms with Gasteiger partial charge in [-0.3, -0.25) is 4.90 Å². The summed E-state index contributed by atoms with van der Waals surface area (Å²) in [5.41, 5.74) is 9.25. The van der Waals surface area contributed by atoms with Gasteiger partial charge in [-0.2, -0.15) is 0 Å². The minimum atomic E-state index is -0.554. The molecule has 108 valence electrons. The van der Waals surface area contributed by atoms with Gasteiger partial charge in [-0.05, 0) is 37.1 Å². The summed E-state index contributed by atoms with van der Waals surface area (Å²) in [5, 5.41) is 10.4. The van der Waals surface area contributed by atoms with Crippen LogP contribution in [0.3, 0.4) is 0 Å². The number of nitrogens with two attached hydrogens (primary N) is 1. The van der Waals surface area contributed by atoms with Crippen LogP contribution in [-0.2, 0) is 11.3 Å². The molecule has 1 aromatic rings. The number of nitrogens with zero attached hydrogens (tertiary/aromatic N) is 1. The van der Waals surface area contributed by atoms with Crippen LogP contribution in [0.1, 0.15) is 39.6 Å². The third kappa shape index (κ3) is 2.32. The SMILES string of the molecule is Cc1c([C@@H](O)CN2CCC(N)C2)ccc2c1COC2=O. The van der Waals surface area contributed by atoms with Gasteiger partial charge in [0.1, 0.15) is 6.61 Å². The van der Waals surface area contributed by atoms with E-state index >= 15 is 0 Å². The molecule has 0 radical (unpaired) electrons. The highest BCUT2D eigenvalue weighted by Crippen LogP contribution is 2.29. The topological polar surface area (TPSA) is 75.8 Å². The second-order valence-corrected chi connectivity index (χ2v) is 5.71. The van der Waals surface area contributed by atoms with E-state index in [2.05, 4.69) is 4.90 Å². The van der Waals surface area contributed by atoms with Crippen LogP contribution >= 0.6 is 0 Å². The quantitative estimate of drug-likeness (QED) is 0.796. The molecule has 1 aromatic carbocycles. The fourth-order valence-electron chi connectivity index (χ4n) is 3.10. The Labute approximate surface area is 118 Å². The number of ether oxygens (including phenoxy) is 1. The van der Waals surface area contributed by atoms with Crippen LogP contribution in [-0.4, -0.2) is 41.7 Å². The molecule has 0 aliphatic carbocycles. The van der Waals surface area contributed by atoms with Gasteiger partial charge in [0.2, 0.25) is 0 Å². The molecular formula is C15H20N2O3. The van der Waals surface area contributed by atoms with Gasteiger partial charge in [-0.25, -0.2) is 4.79 Å². The van der Waals surface area contributed by atoms with Gasteiger partial charge in [0.15, 0.2) is 0 Å². The van der Waals surface area contributed by atoms with Crippen LogP contribution in [0, 0.1) is 6.92 Å². The number of carbonyl (C=O) groups is 1. The lowest BCUT2D eigenvalue weighted by Gasteiger charge is -2.21. The first-order chi connectivity index (χ1) is 9.56. The molecule has 1 unspecified atom stereocenters. The molecule has 3 N–H and O–H groups in total. The molecule has 1 saturated heterocycles. The van der Waals surface area contributed by atoms with Crippen molar-refractivity contribution in [2.24, 2.45) is 5.73 Å². The van der Waals surface area contributed by atoms with Crippen LogP contribution in [0.4, 0.5) is 0 Å².